The fraction of sp³-hybridized carbons (Fsp3) is 0.278. The van der Waals surface area contributed by atoms with Crippen molar-refractivity contribution in [3.8, 4) is 6.07 Å². The number of nitrogens with zero attached hydrogens (tertiary/aromatic N) is 4. The summed E-state index contributed by atoms with van der Waals surface area (Å²) >= 11 is 0. The van der Waals surface area contributed by atoms with E-state index < -0.39 is 11.4 Å². The van der Waals surface area contributed by atoms with E-state index in [0.29, 0.717) is 30.9 Å². The molecule has 1 amide bonds. The summed E-state index contributed by atoms with van der Waals surface area (Å²) < 4.78 is 0. The lowest BCUT2D eigenvalue weighted by molar-refractivity contribution is -0.123. The molecule has 0 spiro atoms. The van der Waals surface area contributed by atoms with Gasteiger partial charge in [0.2, 0.25) is 11.9 Å². The van der Waals surface area contributed by atoms with Crippen LogP contribution in [0, 0.1) is 16.7 Å². The lowest BCUT2D eigenvalue weighted by Crippen LogP contribution is -2.33. The van der Waals surface area contributed by atoms with Crippen molar-refractivity contribution in [3.05, 3.63) is 42.1 Å². The van der Waals surface area contributed by atoms with E-state index in [9.17, 15) is 14.9 Å². The Bertz CT molecular complexity index is 890. The second-order valence-corrected chi connectivity index (χ2v) is 6.00. The maximum atomic E-state index is 12.6. The van der Waals surface area contributed by atoms with E-state index in [-0.39, 0.29) is 17.4 Å². The molecule has 1 aromatic heterocycles. The van der Waals surface area contributed by atoms with Crippen molar-refractivity contribution in [2.75, 3.05) is 16.8 Å². The number of anilines is 3. The first-order chi connectivity index (χ1) is 12.5. The number of carboxylic acids is 1. The molecule has 2 aromatic rings. The second-order valence-electron chi connectivity index (χ2n) is 6.00. The molecule has 0 bridgehead atoms. The minimum Gasteiger partial charge on any atom is -0.478 e. The molecule has 26 heavy (non-hydrogen) atoms. The van der Waals surface area contributed by atoms with Crippen molar-refractivity contribution in [1.29, 1.82) is 5.26 Å². The predicted octanol–water partition coefficient (Wildman–Crippen LogP) is 2.58. The topological polar surface area (TPSA) is 119 Å². The quantitative estimate of drug-likeness (QED) is 0.849. The number of nitrogens with one attached hydrogen (secondary N) is 1. The van der Waals surface area contributed by atoms with Crippen LogP contribution in [-0.4, -0.2) is 33.5 Å². The molecule has 132 valence electrons. The van der Waals surface area contributed by atoms with Crippen LogP contribution in [0.4, 0.5) is 17.5 Å². The Morgan fingerprint density at radius 2 is 2.12 bits per heavy atom. The largest absolute Gasteiger partial charge is 0.478 e. The van der Waals surface area contributed by atoms with Gasteiger partial charge in [-0.15, -0.1) is 0 Å². The molecule has 1 aromatic carbocycles. The molecule has 1 fully saturated rings. The Hall–Kier alpha value is -3.47. The van der Waals surface area contributed by atoms with Crippen molar-refractivity contribution in [3.63, 3.8) is 0 Å². The number of hydrogen-bond donors (Lipinski definition) is 2. The van der Waals surface area contributed by atoms with Crippen LogP contribution in [0.3, 0.4) is 0 Å². The lowest BCUT2D eigenvalue weighted by atomic mass is 9.85. The SMILES string of the molecule is CC[C@]1(C#N)CCN(c2ccnc(Nc3ccc(C(=O)O)cc3)n2)C1=O. The van der Waals surface area contributed by atoms with Crippen molar-refractivity contribution in [2.24, 2.45) is 5.41 Å². The maximum Gasteiger partial charge on any atom is 0.335 e. The molecule has 1 aliphatic heterocycles. The monoisotopic (exact) mass is 351 g/mol. The van der Waals surface area contributed by atoms with Crippen LogP contribution in [0.5, 0.6) is 0 Å². The summed E-state index contributed by atoms with van der Waals surface area (Å²) in [7, 11) is 0. The summed E-state index contributed by atoms with van der Waals surface area (Å²) in [6.45, 7) is 2.27. The number of carbonyl (C=O) groups excluding carboxylic acids is 1. The van der Waals surface area contributed by atoms with Gasteiger partial charge in [-0.05, 0) is 43.2 Å². The van der Waals surface area contributed by atoms with Gasteiger partial charge in [0.15, 0.2) is 0 Å². The highest BCUT2D eigenvalue weighted by atomic mass is 16.4. The van der Waals surface area contributed by atoms with Crippen LogP contribution < -0.4 is 10.2 Å². The number of carboxylic acid groups (broad SMARTS) is 1. The average Bonchev–Trinajstić information content (AvgIpc) is 2.99. The lowest BCUT2D eigenvalue weighted by Gasteiger charge is -2.19. The van der Waals surface area contributed by atoms with Crippen LogP contribution in [-0.2, 0) is 4.79 Å². The molecule has 8 heteroatoms. The van der Waals surface area contributed by atoms with Gasteiger partial charge in [0.1, 0.15) is 11.2 Å². The van der Waals surface area contributed by atoms with Crippen molar-refractivity contribution < 1.29 is 14.7 Å². The number of aromatic carboxylic acids is 1. The van der Waals surface area contributed by atoms with Crippen molar-refractivity contribution in [2.45, 2.75) is 19.8 Å². The van der Waals surface area contributed by atoms with Gasteiger partial charge in [-0.1, -0.05) is 6.92 Å². The third kappa shape index (κ3) is 3.07. The highest BCUT2D eigenvalue weighted by molar-refractivity contribution is 6.01. The smallest absolute Gasteiger partial charge is 0.335 e. The molecule has 8 nitrogen and oxygen atoms in total. The number of benzene rings is 1. The van der Waals surface area contributed by atoms with Gasteiger partial charge in [0.05, 0.1) is 11.6 Å². The average molecular weight is 351 g/mol. The molecule has 1 aliphatic rings. The van der Waals surface area contributed by atoms with E-state index in [4.69, 9.17) is 5.11 Å². The highest BCUT2D eigenvalue weighted by Crippen LogP contribution is 2.36. The number of rotatable bonds is 5. The fourth-order valence-corrected chi connectivity index (χ4v) is 2.88. The van der Waals surface area contributed by atoms with E-state index in [1.54, 1.807) is 18.2 Å². The third-order valence-corrected chi connectivity index (χ3v) is 4.54. The van der Waals surface area contributed by atoms with Gasteiger partial charge in [-0.2, -0.15) is 10.2 Å². The standard InChI is InChI=1S/C18H17N5O3/c1-2-18(11-19)8-10-23(16(18)26)14-7-9-20-17(22-14)21-13-5-3-12(4-6-13)15(24)25/h3-7,9H,2,8,10H2,1H3,(H,24,25)(H,20,21,22)/t18-/m1/s1. The molecule has 0 aliphatic carbocycles. The van der Waals surface area contributed by atoms with Crippen LogP contribution >= 0.6 is 0 Å². The Morgan fingerprint density at radius 1 is 1.38 bits per heavy atom. The molecule has 0 radical (unpaired) electrons. The predicted molar refractivity (Wildman–Crippen MR) is 94.0 cm³/mol. The minimum atomic E-state index is -1.00. The van der Waals surface area contributed by atoms with Crippen LogP contribution in [0.1, 0.15) is 30.1 Å². The van der Waals surface area contributed by atoms with Gasteiger partial charge in [-0.25, -0.2) is 9.78 Å². The zero-order chi connectivity index (χ0) is 18.7. The zero-order valence-corrected chi connectivity index (χ0v) is 14.1. The van der Waals surface area contributed by atoms with Crippen LogP contribution in [0.15, 0.2) is 36.5 Å². The van der Waals surface area contributed by atoms with E-state index in [0.717, 1.165) is 0 Å². The zero-order valence-electron chi connectivity index (χ0n) is 14.1. The van der Waals surface area contributed by atoms with Gasteiger partial charge >= 0.3 is 5.97 Å². The number of amides is 1. The van der Waals surface area contributed by atoms with E-state index in [2.05, 4.69) is 21.4 Å². The Balaban J connectivity index is 1.80. The summed E-state index contributed by atoms with van der Waals surface area (Å²) in [4.78, 5) is 33.5. The molecule has 1 saturated heterocycles. The maximum absolute atomic E-state index is 12.6. The number of aromatic nitrogens is 2. The van der Waals surface area contributed by atoms with Gasteiger partial charge < -0.3 is 10.4 Å². The van der Waals surface area contributed by atoms with Crippen molar-refractivity contribution in [1.82, 2.24) is 9.97 Å². The number of nitriles is 1. The van der Waals surface area contributed by atoms with Gasteiger partial charge in [0.25, 0.3) is 0 Å². The molecule has 2 N–H and O–H groups in total. The molecular formula is C18H17N5O3. The summed E-state index contributed by atoms with van der Waals surface area (Å²) in [6.07, 6.45) is 2.47. The first-order valence-corrected chi connectivity index (χ1v) is 8.16. The van der Waals surface area contributed by atoms with Crippen LogP contribution in [0.25, 0.3) is 0 Å². The normalized spacial score (nSPS) is 19.2. The molecule has 3 rings (SSSR count). The summed E-state index contributed by atoms with van der Waals surface area (Å²) in [6, 6.07) is 9.94. The van der Waals surface area contributed by atoms with E-state index >= 15 is 0 Å². The Labute approximate surface area is 150 Å². The molecular weight excluding hydrogens is 334 g/mol. The number of hydrogen-bond acceptors (Lipinski definition) is 6. The number of carbonyl (C=O) groups is 2. The van der Waals surface area contributed by atoms with E-state index in [1.165, 1.54) is 23.2 Å². The first-order valence-electron chi connectivity index (χ1n) is 8.16. The molecule has 0 saturated carbocycles. The molecule has 1 atom stereocenters. The van der Waals surface area contributed by atoms with Crippen molar-refractivity contribution >= 4 is 29.3 Å². The Kier molecular flexibility index (Phi) is 4.54. The summed E-state index contributed by atoms with van der Waals surface area (Å²) in [5.41, 5.74) is -0.175. The van der Waals surface area contributed by atoms with E-state index in [1.807, 2.05) is 6.92 Å². The second kappa shape index (κ2) is 6.80. The fourth-order valence-electron chi connectivity index (χ4n) is 2.88. The first kappa shape index (κ1) is 17.4. The summed E-state index contributed by atoms with van der Waals surface area (Å²) in [5, 5.41) is 21.3. The molecule has 2 heterocycles. The highest BCUT2D eigenvalue weighted by Gasteiger charge is 2.46. The Morgan fingerprint density at radius 3 is 2.69 bits per heavy atom. The molecule has 0 unspecified atom stereocenters. The summed E-state index contributed by atoms with van der Waals surface area (Å²) in [5.74, 6) is -0.526. The van der Waals surface area contributed by atoms with Crippen LogP contribution in [0.2, 0.25) is 0 Å². The minimum absolute atomic E-state index is 0.181. The van der Waals surface area contributed by atoms with Gasteiger partial charge in [0, 0.05) is 18.4 Å². The third-order valence-electron chi connectivity index (χ3n) is 4.54. The van der Waals surface area contributed by atoms with Gasteiger partial charge in [-0.3, -0.25) is 9.69 Å².